The van der Waals surface area contributed by atoms with Gasteiger partial charge in [0, 0.05) is 18.2 Å². The molecular formula is C12H16N2O5. The van der Waals surface area contributed by atoms with Crippen molar-refractivity contribution in [3.63, 3.8) is 0 Å². The van der Waals surface area contributed by atoms with Crippen molar-refractivity contribution in [3.8, 4) is 0 Å². The summed E-state index contributed by atoms with van der Waals surface area (Å²) in [6.07, 6.45) is 1.10. The molecule has 0 aliphatic carbocycles. The molecule has 0 bridgehead atoms. The molecule has 3 atom stereocenters. The topological polar surface area (TPSA) is 105 Å². The van der Waals surface area contributed by atoms with Crippen molar-refractivity contribution in [2.24, 2.45) is 0 Å². The van der Waals surface area contributed by atoms with Gasteiger partial charge in [0.15, 0.2) is 5.72 Å². The van der Waals surface area contributed by atoms with Crippen molar-refractivity contribution in [2.75, 3.05) is 6.61 Å². The summed E-state index contributed by atoms with van der Waals surface area (Å²) >= 11 is 0. The number of aliphatic hydroxyl groups excluding tert-OH is 2. The third-order valence-corrected chi connectivity index (χ3v) is 3.31. The predicted molar refractivity (Wildman–Crippen MR) is 66.8 cm³/mol. The highest BCUT2D eigenvalue weighted by Gasteiger charge is 2.45. The molecule has 0 aromatic carbocycles. The number of rotatable bonds is 3. The minimum absolute atomic E-state index is 0.0765. The van der Waals surface area contributed by atoms with E-state index in [4.69, 9.17) is 9.84 Å². The van der Waals surface area contributed by atoms with Crippen molar-refractivity contribution in [3.05, 3.63) is 45.3 Å². The fraction of sp³-hybridized carbons (Fsp3) is 0.500. The van der Waals surface area contributed by atoms with E-state index >= 15 is 0 Å². The van der Waals surface area contributed by atoms with E-state index in [0.29, 0.717) is 5.56 Å². The highest BCUT2D eigenvalue weighted by Crippen LogP contribution is 2.35. The van der Waals surface area contributed by atoms with Gasteiger partial charge >= 0.3 is 5.69 Å². The molecule has 2 heterocycles. The van der Waals surface area contributed by atoms with Gasteiger partial charge in [0.1, 0.15) is 6.10 Å². The molecule has 0 saturated carbocycles. The van der Waals surface area contributed by atoms with Crippen LogP contribution in [0.5, 0.6) is 0 Å². The Morgan fingerprint density at radius 3 is 2.89 bits per heavy atom. The van der Waals surface area contributed by atoms with E-state index in [9.17, 15) is 14.7 Å². The molecule has 104 valence electrons. The van der Waals surface area contributed by atoms with E-state index < -0.39 is 29.2 Å². The SMILES string of the molecule is C=C[C@]1(n2cc(C)c(=O)[nH]c2=O)C[C@H](O)[C@@H](CO)O1. The van der Waals surface area contributed by atoms with Gasteiger partial charge in [-0.3, -0.25) is 14.3 Å². The molecule has 1 fully saturated rings. The number of ether oxygens (including phenoxy) is 1. The average Bonchev–Trinajstić information content (AvgIpc) is 2.71. The highest BCUT2D eigenvalue weighted by atomic mass is 16.6. The Balaban J connectivity index is 2.55. The normalized spacial score (nSPS) is 30.5. The minimum Gasteiger partial charge on any atom is -0.394 e. The summed E-state index contributed by atoms with van der Waals surface area (Å²) in [5.41, 5.74) is -2.05. The Morgan fingerprint density at radius 1 is 1.68 bits per heavy atom. The van der Waals surface area contributed by atoms with E-state index in [1.165, 1.54) is 16.8 Å². The lowest BCUT2D eigenvalue weighted by atomic mass is 10.1. The van der Waals surface area contributed by atoms with Crippen LogP contribution in [-0.4, -0.2) is 38.6 Å². The number of aliphatic hydroxyl groups is 2. The van der Waals surface area contributed by atoms with Crippen molar-refractivity contribution < 1.29 is 14.9 Å². The smallest absolute Gasteiger partial charge is 0.330 e. The molecule has 0 unspecified atom stereocenters. The van der Waals surface area contributed by atoms with Gasteiger partial charge in [-0.1, -0.05) is 6.58 Å². The van der Waals surface area contributed by atoms with Crippen LogP contribution < -0.4 is 11.2 Å². The standard InChI is InChI=1S/C12H16N2O5/c1-3-12(4-8(16)9(6-15)19-12)14-5-7(2)10(17)13-11(14)18/h3,5,8-9,15-16H,1,4,6H2,2H3,(H,13,17,18)/t8-,9+,12+/m0/s1. The lowest BCUT2D eigenvalue weighted by Crippen LogP contribution is -2.43. The van der Waals surface area contributed by atoms with Gasteiger partial charge in [-0.05, 0) is 13.0 Å². The average molecular weight is 268 g/mol. The minimum atomic E-state index is -1.27. The number of hydrogen-bond donors (Lipinski definition) is 3. The summed E-state index contributed by atoms with van der Waals surface area (Å²) in [6.45, 7) is 4.81. The first kappa shape index (κ1) is 13.7. The van der Waals surface area contributed by atoms with Crippen LogP contribution in [0.25, 0.3) is 0 Å². The van der Waals surface area contributed by atoms with Crippen LogP contribution in [0.3, 0.4) is 0 Å². The first-order valence-electron chi connectivity index (χ1n) is 5.87. The summed E-state index contributed by atoms with van der Waals surface area (Å²) in [5, 5.41) is 18.9. The van der Waals surface area contributed by atoms with Crippen molar-refractivity contribution in [1.82, 2.24) is 9.55 Å². The quantitative estimate of drug-likeness (QED) is 0.599. The molecule has 1 saturated heterocycles. The Morgan fingerprint density at radius 2 is 2.37 bits per heavy atom. The van der Waals surface area contributed by atoms with Crippen LogP contribution in [0.15, 0.2) is 28.4 Å². The van der Waals surface area contributed by atoms with Crippen molar-refractivity contribution >= 4 is 0 Å². The molecule has 1 aromatic rings. The second kappa shape index (κ2) is 4.76. The molecule has 7 heteroatoms. The van der Waals surface area contributed by atoms with E-state index in [0.717, 1.165) is 0 Å². The lowest BCUT2D eigenvalue weighted by molar-refractivity contribution is -0.0892. The Hall–Kier alpha value is -1.70. The zero-order valence-corrected chi connectivity index (χ0v) is 10.5. The molecule has 7 nitrogen and oxygen atoms in total. The maximum Gasteiger partial charge on any atom is 0.330 e. The molecule has 1 aliphatic rings. The van der Waals surface area contributed by atoms with E-state index in [1.54, 1.807) is 6.92 Å². The van der Waals surface area contributed by atoms with Gasteiger partial charge in [0.25, 0.3) is 5.56 Å². The van der Waals surface area contributed by atoms with Crippen LogP contribution in [0.4, 0.5) is 0 Å². The number of H-pyrrole nitrogens is 1. The first-order chi connectivity index (χ1) is 8.93. The molecule has 3 N–H and O–H groups in total. The van der Waals surface area contributed by atoms with E-state index in [1.807, 2.05) is 0 Å². The summed E-state index contributed by atoms with van der Waals surface area (Å²) < 4.78 is 6.72. The summed E-state index contributed by atoms with van der Waals surface area (Å²) in [7, 11) is 0. The number of aromatic nitrogens is 2. The third-order valence-electron chi connectivity index (χ3n) is 3.31. The first-order valence-corrected chi connectivity index (χ1v) is 5.87. The lowest BCUT2D eigenvalue weighted by Gasteiger charge is -2.27. The molecular weight excluding hydrogens is 252 g/mol. The maximum absolute atomic E-state index is 11.9. The van der Waals surface area contributed by atoms with Crippen LogP contribution in [-0.2, 0) is 10.5 Å². The number of aromatic amines is 1. The van der Waals surface area contributed by atoms with Gasteiger partial charge in [0.05, 0.1) is 12.7 Å². The van der Waals surface area contributed by atoms with Gasteiger partial charge < -0.3 is 14.9 Å². The number of hydrogen-bond acceptors (Lipinski definition) is 5. The molecule has 1 aliphatic heterocycles. The Kier molecular flexibility index (Phi) is 3.44. The van der Waals surface area contributed by atoms with Crippen LogP contribution in [0.1, 0.15) is 12.0 Å². The maximum atomic E-state index is 11.9. The number of aryl methyl sites for hydroxylation is 1. The number of nitrogens with zero attached hydrogens (tertiary/aromatic N) is 1. The van der Waals surface area contributed by atoms with Gasteiger partial charge in [-0.15, -0.1) is 0 Å². The predicted octanol–water partition coefficient (Wildman–Crippen LogP) is -1.17. The van der Waals surface area contributed by atoms with Crippen LogP contribution in [0.2, 0.25) is 0 Å². The summed E-state index contributed by atoms with van der Waals surface area (Å²) in [5.74, 6) is 0. The van der Waals surface area contributed by atoms with Crippen LogP contribution in [0, 0.1) is 6.92 Å². The molecule has 19 heavy (non-hydrogen) atoms. The van der Waals surface area contributed by atoms with Crippen molar-refractivity contribution in [1.29, 1.82) is 0 Å². The number of nitrogens with one attached hydrogen (secondary N) is 1. The molecule has 2 rings (SSSR count). The third kappa shape index (κ3) is 2.16. The van der Waals surface area contributed by atoms with Crippen LogP contribution >= 0.6 is 0 Å². The van der Waals surface area contributed by atoms with Gasteiger partial charge in [-0.2, -0.15) is 0 Å². The second-order valence-corrected chi connectivity index (χ2v) is 4.60. The fourth-order valence-corrected chi connectivity index (χ4v) is 2.21. The second-order valence-electron chi connectivity index (χ2n) is 4.60. The zero-order chi connectivity index (χ0) is 14.2. The molecule has 0 amide bonds. The summed E-state index contributed by atoms with van der Waals surface area (Å²) in [4.78, 5) is 25.4. The van der Waals surface area contributed by atoms with Crippen molar-refractivity contribution in [2.45, 2.75) is 31.3 Å². The van der Waals surface area contributed by atoms with E-state index in [2.05, 4.69) is 11.6 Å². The molecule has 0 radical (unpaired) electrons. The molecule has 0 spiro atoms. The largest absolute Gasteiger partial charge is 0.394 e. The molecule has 1 aromatic heterocycles. The zero-order valence-electron chi connectivity index (χ0n) is 10.5. The Labute approximate surface area is 108 Å². The van der Waals surface area contributed by atoms with Gasteiger partial charge in [0.2, 0.25) is 0 Å². The summed E-state index contributed by atoms with van der Waals surface area (Å²) in [6, 6.07) is 0. The van der Waals surface area contributed by atoms with E-state index in [-0.39, 0.29) is 13.0 Å². The highest BCUT2D eigenvalue weighted by molar-refractivity contribution is 5.08. The monoisotopic (exact) mass is 268 g/mol. The fourth-order valence-electron chi connectivity index (χ4n) is 2.21. The Bertz CT molecular complexity index is 605. The van der Waals surface area contributed by atoms with Gasteiger partial charge in [-0.25, -0.2) is 4.79 Å².